The third-order valence-electron chi connectivity index (χ3n) is 3.15. The number of amides is 2. The summed E-state index contributed by atoms with van der Waals surface area (Å²) in [6, 6.07) is 7.13. The van der Waals surface area contributed by atoms with E-state index in [9.17, 15) is 9.59 Å². The Morgan fingerprint density at radius 3 is 2.83 bits per heavy atom. The molecule has 0 unspecified atom stereocenters. The van der Waals surface area contributed by atoms with Crippen molar-refractivity contribution < 1.29 is 14.0 Å². The number of carbonyl (C=O) groups is 2. The first-order valence-electron chi connectivity index (χ1n) is 7.21. The highest BCUT2D eigenvalue weighted by molar-refractivity contribution is 7.16. The summed E-state index contributed by atoms with van der Waals surface area (Å²) < 4.78 is 4.96. The van der Waals surface area contributed by atoms with Crippen LogP contribution >= 0.6 is 22.7 Å². The van der Waals surface area contributed by atoms with Crippen molar-refractivity contribution in [1.29, 1.82) is 0 Å². The molecule has 0 aliphatic heterocycles. The van der Waals surface area contributed by atoms with Crippen LogP contribution in [0.1, 0.15) is 20.4 Å². The fourth-order valence-electron chi connectivity index (χ4n) is 1.99. The van der Waals surface area contributed by atoms with Gasteiger partial charge in [0, 0.05) is 10.3 Å². The Hall–Kier alpha value is -2.45. The first kappa shape index (κ1) is 16.4. The summed E-state index contributed by atoms with van der Waals surface area (Å²) in [5.41, 5.74) is 0.964. The number of hydrogen-bond donors (Lipinski definition) is 2. The van der Waals surface area contributed by atoms with Crippen LogP contribution < -0.4 is 10.6 Å². The molecule has 0 aliphatic rings. The van der Waals surface area contributed by atoms with Crippen molar-refractivity contribution in [3.8, 4) is 10.6 Å². The van der Waals surface area contributed by atoms with E-state index < -0.39 is 5.91 Å². The monoisotopic (exact) mass is 361 g/mol. The lowest BCUT2D eigenvalue weighted by Gasteiger charge is -2.04. The highest BCUT2D eigenvalue weighted by Gasteiger charge is 2.11. The fraction of sp³-hybridized carbons (Fsp3) is 0.188. The molecule has 3 rings (SSSR count). The van der Waals surface area contributed by atoms with Crippen molar-refractivity contribution in [1.82, 2.24) is 15.6 Å². The summed E-state index contributed by atoms with van der Waals surface area (Å²) in [4.78, 5) is 30.0. The molecule has 3 aromatic rings. The van der Waals surface area contributed by atoms with Gasteiger partial charge in [-0.05, 0) is 31.2 Å². The third kappa shape index (κ3) is 4.09. The zero-order valence-electron chi connectivity index (χ0n) is 12.9. The molecule has 0 fully saturated rings. The molecule has 0 radical (unpaired) electrons. The summed E-state index contributed by atoms with van der Waals surface area (Å²) in [6.07, 6.45) is 1.41. The van der Waals surface area contributed by atoms with E-state index in [1.165, 1.54) is 6.26 Å². The number of hydrogen-bond acceptors (Lipinski definition) is 6. The van der Waals surface area contributed by atoms with Gasteiger partial charge >= 0.3 is 0 Å². The van der Waals surface area contributed by atoms with E-state index >= 15 is 0 Å². The van der Waals surface area contributed by atoms with Crippen LogP contribution in [0, 0.1) is 6.92 Å². The van der Waals surface area contributed by atoms with Crippen LogP contribution in [0.2, 0.25) is 0 Å². The Bertz CT molecular complexity index is 837. The summed E-state index contributed by atoms with van der Waals surface area (Å²) in [5, 5.41) is 8.33. The van der Waals surface area contributed by atoms with Gasteiger partial charge in [0.25, 0.3) is 5.91 Å². The van der Waals surface area contributed by atoms with Crippen LogP contribution in [-0.2, 0) is 11.3 Å². The molecule has 6 nitrogen and oxygen atoms in total. The van der Waals surface area contributed by atoms with Gasteiger partial charge in [-0.25, -0.2) is 4.98 Å². The van der Waals surface area contributed by atoms with E-state index in [1.807, 2.05) is 24.4 Å². The average Bonchev–Trinajstić information content (AvgIpc) is 3.30. The first-order chi connectivity index (χ1) is 11.6. The molecule has 8 heteroatoms. The van der Waals surface area contributed by atoms with E-state index in [2.05, 4.69) is 15.6 Å². The van der Waals surface area contributed by atoms with E-state index in [0.29, 0.717) is 6.54 Å². The highest BCUT2D eigenvalue weighted by atomic mass is 32.1. The molecular formula is C16H15N3O3S2. The number of rotatable bonds is 6. The van der Waals surface area contributed by atoms with Gasteiger partial charge in [0.15, 0.2) is 5.76 Å². The number of furan rings is 1. The minimum atomic E-state index is -0.410. The minimum Gasteiger partial charge on any atom is -0.459 e. The van der Waals surface area contributed by atoms with Crippen LogP contribution in [0.25, 0.3) is 10.6 Å². The maximum Gasteiger partial charge on any atom is 0.287 e. The highest BCUT2D eigenvalue weighted by Crippen LogP contribution is 2.28. The van der Waals surface area contributed by atoms with Crippen molar-refractivity contribution >= 4 is 34.5 Å². The van der Waals surface area contributed by atoms with Gasteiger partial charge in [-0.1, -0.05) is 0 Å². The largest absolute Gasteiger partial charge is 0.459 e. The molecule has 3 aromatic heterocycles. The predicted molar refractivity (Wildman–Crippen MR) is 93.1 cm³/mol. The molecule has 2 amide bonds. The Morgan fingerprint density at radius 2 is 2.12 bits per heavy atom. The maximum absolute atomic E-state index is 11.8. The quantitative estimate of drug-likeness (QED) is 0.707. The third-order valence-corrected chi connectivity index (χ3v) is 5.03. The molecule has 0 atom stereocenters. The SMILES string of the molecule is Cc1nc(-c2ccc(CNC(=O)CNC(=O)c3ccco3)s2)cs1. The van der Waals surface area contributed by atoms with Gasteiger partial charge in [-0.3, -0.25) is 9.59 Å². The number of thiazole rings is 1. The van der Waals surface area contributed by atoms with Crippen molar-refractivity contribution in [2.45, 2.75) is 13.5 Å². The van der Waals surface area contributed by atoms with E-state index in [0.717, 1.165) is 20.5 Å². The van der Waals surface area contributed by atoms with Gasteiger partial charge in [0.2, 0.25) is 5.91 Å². The van der Waals surface area contributed by atoms with Crippen LogP contribution in [0.3, 0.4) is 0 Å². The number of nitrogens with zero attached hydrogens (tertiary/aromatic N) is 1. The second-order valence-corrected chi connectivity index (χ2v) is 7.18. The molecule has 0 aromatic carbocycles. The molecule has 0 saturated carbocycles. The molecule has 0 saturated heterocycles. The van der Waals surface area contributed by atoms with Crippen molar-refractivity contribution in [2.24, 2.45) is 0 Å². The lowest BCUT2D eigenvalue weighted by molar-refractivity contribution is -0.120. The number of thiophene rings is 1. The summed E-state index contributed by atoms with van der Waals surface area (Å²) in [6.45, 7) is 2.30. The van der Waals surface area contributed by atoms with Crippen LogP contribution in [0.4, 0.5) is 0 Å². The second-order valence-electron chi connectivity index (χ2n) is 4.95. The standard InChI is InChI=1S/C16H15N3O3S2/c1-10-19-12(9-23-10)14-5-4-11(24-14)7-17-15(20)8-18-16(21)13-3-2-6-22-13/h2-6,9H,7-8H2,1H3,(H,17,20)(H,18,21). The zero-order chi connectivity index (χ0) is 16.9. The molecule has 0 bridgehead atoms. The number of aromatic nitrogens is 1. The Labute approximate surface area is 146 Å². The molecule has 3 heterocycles. The van der Waals surface area contributed by atoms with Crippen LogP contribution in [0.5, 0.6) is 0 Å². The number of carbonyl (C=O) groups excluding carboxylic acids is 2. The molecule has 2 N–H and O–H groups in total. The van der Waals surface area contributed by atoms with Gasteiger partial charge in [-0.2, -0.15) is 0 Å². The summed E-state index contributed by atoms with van der Waals surface area (Å²) >= 11 is 3.20. The van der Waals surface area contributed by atoms with Crippen LogP contribution in [-0.4, -0.2) is 23.3 Å². The fourth-order valence-corrected chi connectivity index (χ4v) is 3.59. The molecule has 0 spiro atoms. The Balaban J connectivity index is 1.46. The normalized spacial score (nSPS) is 10.5. The Morgan fingerprint density at radius 1 is 1.25 bits per heavy atom. The summed E-state index contributed by atoms with van der Waals surface area (Å²) in [7, 11) is 0. The first-order valence-corrected chi connectivity index (χ1v) is 8.91. The van der Waals surface area contributed by atoms with E-state index in [4.69, 9.17) is 4.42 Å². The molecule has 0 aliphatic carbocycles. The molecule has 24 heavy (non-hydrogen) atoms. The van der Waals surface area contributed by atoms with E-state index in [-0.39, 0.29) is 18.2 Å². The van der Waals surface area contributed by atoms with Gasteiger partial charge in [0.1, 0.15) is 0 Å². The molecular weight excluding hydrogens is 346 g/mol. The zero-order valence-corrected chi connectivity index (χ0v) is 14.5. The van der Waals surface area contributed by atoms with Gasteiger partial charge in [-0.15, -0.1) is 22.7 Å². The molecule has 124 valence electrons. The van der Waals surface area contributed by atoms with Crippen molar-refractivity contribution in [3.05, 3.63) is 51.6 Å². The summed E-state index contributed by atoms with van der Waals surface area (Å²) in [5.74, 6) is -0.480. The van der Waals surface area contributed by atoms with Crippen molar-refractivity contribution in [3.63, 3.8) is 0 Å². The second kappa shape index (κ2) is 7.41. The number of nitrogens with one attached hydrogen (secondary N) is 2. The van der Waals surface area contributed by atoms with E-state index in [1.54, 1.807) is 34.8 Å². The minimum absolute atomic E-state index is 0.0942. The predicted octanol–water partition coefficient (Wildman–Crippen LogP) is 2.82. The van der Waals surface area contributed by atoms with Crippen LogP contribution in [0.15, 0.2) is 40.3 Å². The van der Waals surface area contributed by atoms with Gasteiger partial charge < -0.3 is 15.1 Å². The smallest absolute Gasteiger partial charge is 0.287 e. The lowest BCUT2D eigenvalue weighted by atomic mass is 10.3. The van der Waals surface area contributed by atoms with Gasteiger partial charge in [0.05, 0.1) is 34.9 Å². The topological polar surface area (TPSA) is 84.2 Å². The average molecular weight is 361 g/mol. The Kier molecular flexibility index (Phi) is 5.07. The maximum atomic E-state index is 11.8. The van der Waals surface area contributed by atoms with Crippen molar-refractivity contribution in [2.75, 3.05) is 6.54 Å². The number of aryl methyl sites for hydroxylation is 1. The lowest BCUT2D eigenvalue weighted by Crippen LogP contribution is -2.36.